The molecule has 0 unspecified atom stereocenters. The summed E-state index contributed by atoms with van der Waals surface area (Å²) in [5, 5.41) is 1.69. The molecule has 1 aromatic heterocycles. The molecule has 4 heteroatoms. The highest BCUT2D eigenvalue weighted by molar-refractivity contribution is 8.00. The van der Waals surface area contributed by atoms with Crippen LogP contribution in [0.2, 0.25) is 0 Å². The summed E-state index contributed by atoms with van der Waals surface area (Å²) >= 11 is 1.88. The van der Waals surface area contributed by atoms with Gasteiger partial charge in [-0.05, 0) is 36.6 Å². The van der Waals surface area contributed by atoms with E-state index in [0.717, 1.165) is 17.3 Å². The number of pyridine rings is 1. The van der Waals surface area contributed by atoms with Crippen LogP contribution < -0.4 is 11.3 Å². The van der Waals surface area contributed by atoms with Crippen LogP contribution in [0.15, 0.2) is 35.1 Å². The van der Waals surface area contributed by atoms with E-state index in [1.165, 1.54) is 25.7 Å². The number of thioether (sulfide) groups is 1. The maximum Gasteiger partial charge on any atom is 0.260 e. The molecule has 0 bridgehead atoms. The molecule has 1 saturated carbocycles. The Morgan fingerprint density at radius 1 is 1.30 bits per heavy atom. The van der Waals surface area contributed by atoms with Crippen molar-refractivity contribution in [1.29, 1.82) is 0 Å². The first kappa shape index (κ1) is 13.6. The van der Waals surface area contributed by atoms with Gasteiger partial charge < -0.3 is 5.73 Å². The Bertz CT molecular complexity index is 686. The van der Waals surface area contributed by atoms with E-state index < -0.39 is 0 Å². The molecule has 1 fully saturated rings. The van der Waals surface area contributed by atoms with Crippen molar-refractivity contribution in [3.05, 3.63) is 40.7 Å². The number of hydrogen-bond donors (Lipinski definition) is 1. The number of nitrogens with zero attached hydrogens (tertiary/aromatic N) is 1. The van der Waals surface area contributed by atoms with Gasteiger partial charge in [-0.25, -0.2) is 0 Å². The number of aromatic nitrogens is 1. The molecule has 1 aromatic carbocycles. The Morgan fingerprint density at radius 3 is 2.70 bits per heavy atom. The summed E-state index contributed by atoms with van der Waals surface area (Å²) in [6.45, 7) is 0.726. The molecule has 2 N–H and O–H groups in total. The third-order valence-electron chi connectivity index (χ3n) is 4.45. The predicted octanol–water partition coefficient (Wildman–Crippen LogP) is 3.26. The first-order chi connectivity index (χ1) is 9.65. The smallest absolute Gasteiger partial charge is 0.260 e. The summed E-state index contributed by atoms with van der Waals surface area (Å²) < 4.78 is 1.95. The van der Waals surface area contributed by atoms with Crippen LogP contribution in [0.1, 0.15) is 25.7 Å². The lowest BCUT2D eigenvalue weighted by Crippen LogP contribution is -2.34. The fraction of sp³-hybridized carbons (Fsp3) is 0.438. The van der Waals surface area contributed by atoms with Gasteiger partial charge in [-0.3, -0.25) is 9.36 Å². The molecule has 3 rings (SSSR count). The summed E-state index contributed by atoms with van der Waals surface area (Å²) in [5.41, 5.74) is 6.18. The SMILES string of the molecule is CSC1(Cn2c(N)cc3ccccc3c2=O)CCCC1. The summed E-state index contributed by atoms with van der Waals surface area (Å²) in [4.78, 5) is 12.7. The van der Waals surface area contributed by atoms with Crippen molar-refractivity contribution in [3.8, 4) is 0 Å². The second-order valence-corrected chi connectivity index (χ2v) is 6.92. The second kappa shape index (κ2) is 5.17. The molecule has 1 aliphatic carbocycles. The van der Waals surface area contributed by atoms with E-state index in [9.17, 15) is 4.79 Å². The van der Waals surface area contributed by atoms with Gasteiger partial charge in [0.15, 0.2) is 0 Å². The van der Waals surface area contributed by atoms with Crippen LogP contribution in [-0.2, 0) is 6.54 Å². The summed E-state index contributed by atoms with van der Waals surface area (Å²) in [6.07, 6.45) is 7.00. The first-order valence-corrected chi connectivity index (χ1v) is 8.31. The standard InChI is InChI=1S/C16H20N2OS/c1-20-16(8-4-5-9-16)11-18-14(17)10-12-6-2-3-7-13(12)15(18)19/h2-3,6-7,10H,4-5,8-9,11,17H2,1H3. The zero-order chi connectivity index (χ0) is 14.2. The normalized spacial score (nSPS) is 17.6. The highest BCUT2D eigenvalue weighted by Gasteiger charge is 2.34. The molecular formula is C16H20N2OS. The predicted molar refractivity (Wildman–Crippen MR) is 87.3 cm³/mol. The molecule has 3 nitrogen and oxygen atoms in total. The maximum atomic E-state index is 12.7. The van der Waals surface area contributed by atoms with Gasteiger partial charge >= 0.3 is 0 Å². The third-order valence-corrected chi connectivity index (χ3v) is 5.85. The third kappa shape index (κ3) is 2.22. The Hall–Kier alpha value is -1.42. The van der Waals surface area contributed by atoms with Crippen LogP contribution in [0.5, 0.6) is 0 Å². The Kier molecular flexibility index (Phi) is 3.50. The van der Waals surface area contributed by atoms with Crippen LogP contribution in [-0.4, -0.2) is 15.6 Å². The quantitative estimate of drug-likeness (QED) is 0.943. The van der Waals surface area contributed by atoms with E-state index in [4.69, 9.17) is 5.73 Å². The minimum Gasteiger partial charge on any atom is -0.385 e. The van der Waals surface area contributed by atoms with Crippen molar-refractivity contribution >= 4 is 28.4 Å². The Labute approximate surface area is 123 Å². The summed E-state index contributed by atoms with van der Waals surface area (Å²) in [5.74, 6) is 0.578. The number of anilines is 1. The number of hydrogen-bond acceptors (Lipinski definition) is 3. The molecule has 0 radical (unpaired) electrons. The molecule has 0 saturated heterocycles. The maximum absolute atomic E-state index is 12.7. The van der Waals surface area contributed by atoms with Gasteiger partial charge in [-0.1, -0.05) is 31.0 Å². The van der Waals surface area contributed by atoms with Gasteiger partial charge in [0.2, 0.25) is 0 Å². The molecule has 0 aliphatic heterocycles. The number of nitrogens with two attached hydrogens (primary N) is 1. The van der Waals surface area contributed by atoms with Crippen molar-refractivity contribution in [3.63, 3.8) is 0 Å². The highest BCUT2D eigenvalue weighted by atomic mass is 32.2. The van der Waals surface area contributed by atoms with Gasteiger partial charge in [0.25, 0.3) is 5.56 Å². The largest absolute Gasteiger partial charge is 0.385 e. The lowest BCUT2D eigenvalue weighted by Gasteiger charge is -2.28. The van der Waals surface area contributed by atoms with Crippen molar-refractivity contribution in [2.45, 2.75) is 37.0 Å². The van der Waals surface area contributed by atoms with E-state index >= 15 is 0 Å². The number of fused-ring (bicyclic) bond motifs is 1. The monoisotopic (exact) mass is 288 g/mol. The van der Waals surface area contributed by atoms with E-state index in [1.54, 1.807) is 4.57 Å². The molecule has 2 aromatic rings. The molecule has 0 amide bonds. The number of nitrogen functional groups attached to an aromatic ring is 1. The average molecular weight is 288 g/mol. The summed E-state index contributed by atoms with van der Waals surface area (Å²) in [6, 6.07) is 9.58. The Morgan fingerprint density at radius 2 is 2.00 bits per heavy atom. The molecule has 106 valence electrons. The van der Waals surface area contributed by atoms with Gasteiger partial charge in [0.05, 0.1) is 0 Å². The molecule has 1 aliphatic rings. The second-order valence-electron chi connectivity index (χ2n) is 5.64. The highest BCUT2D eigenvalue weighted by Crippen LogP contribution is 2.41. The van der Waals surface area contributed by atoms with E-state index in [0.29, 0.717) is 5.82 Å². The van der Waals surface area contributed by atoms with Crippen molar-refractivity contribution in [2.24, 2.45) is 0 Å². The Balaban J connectivity index is 2.09. The van der Waals surface area contributed by atoms with Gasteiger partial charge in [0.1, 0.15) is 5.82 Å². The molecule has 0 spiro atoms. The zero-order valence-corrected chi connectivity index (χ0v) is 12.6. The van der Waals surface area contributed by atoms with E-state index in [2.05, 4.69) is 6.26 Å². The van der Waals surface area contributed by atoms with Gasteiger partial charge in [0, 0.05) is 16.7 Å². The zero-order valence-electron chi connectivity index (χ0n) is 11.8. The minimum absolute atomic E-state index is 0.0425. The number of benzene rings is 1. The van der Waals surface area contributed by atoms with Crippen molar-refractivity contribution < 1.29 is 0 Å². The van der Waals surface area contributed by atoms with Crippen LogP contribution in [0.4, 0.5) is 5.82 Å². The fourth-order valence-corrected chi connectivity index (χ4v) is 4.17. The average Bonchev–Trinajstić information content (AvgIpc) is 2.93. The van der Waals surface area contributed by atoms with E-state index in [1.807, 2.05) is 42.1 Å². The van der Waals surface area contributed by atoms with Gasteiger partial charge in [-0.15, -0.1) is 0 Å². The minimum atomic E-state index is 0.0425. The van der Waals surface area contributed by atoms with Crippen LogP contribution >= 0.6 is 11.8 Å². The molecule has 0 atom stereocenters. The fourth-order valence-electron chi connectivity index (χ4n) is 3.21. The lowest BCUT2D eigenvalue weighted by atomic mass is 10.1. The topological polar surface area (TPSA) is 48.0 Å². The van der Waals surface area contributed by atoms with Crippen molar-refractivity contribution in [1.82, 2.24) is 4.57 Å². The summed E-state index contributed by atoms with van der Waals surface area (Å²) in [7, 11) is 0. The first-order valence-electron chi connectivity index (χ1n) is 7.08. The van der Waals surface area contributed by atoms with Crippen LogP contribution in [0.3, 0.4) is 0 Å². The van der Waals surface area contributed by atoms with Crippen LogP contribution in [0.25, 0.3) is 10.8 Å². The molecule has 20 heavy (non-hydrogen) atoms. The lowest BCUT2D eigenvalue weighted by molar-refractivity contribution is 0.502. The van der Waals surface area contributed by atoms with Crippen LogP contribution in [0, 0.1) is 0 Å². The molecule has 1 heterocycles. The molecular weight excluding hydrogens is 268 g/mol. The van der Waals surface area contributed by atoms with E-state index in [-0.39, 0.29) is 10.3 Å². The van der Waals surface area contributed by atoms with Crippen molar-refractivity contribution in [2.75, 3.05) is 12.0 Å². The van der Waals surface area contributed by atoms with Gasteiger partial charge in [-0.2, -0.15) is 11.8 Å². The number of rotatable bonds is 3.